The van der Waals surface area contributed by atoms with Crippen LogP contribution in [0.3, 0.4) is 0 Å². The second-order valence-corrected chi connectivity index (χ2v) is 8.76. The maximum Gasteiger partial charge on any atom is 0.251 e. The van der Waals surface area contributed by atoms with Crippen molar-refractivity contribution in [3.05, 3.63) is 63.3 Å². The van der Waals surface area contributed by atoms with Crippen molar-refractivity contribution in [2.24, 2.45) is 11.8 Å². The molecule has 1 aliphatic carbocycles. The molecule has 0 bridgehead atoms. The van der Waals surface area contributed by atoms with Crippen molar-refractivity contribution in [2.45, 2.75) is 33.2 Å². The smallest absolute Gasteiger partial charge is 0.251 e. The van der Waals surface area contributed by atoms with Gasteiger partial charge in [-0.25, -0.2) is 9.37 Å². The van der Waals surface area contributed by atoms with Gasteiger partial charge in [-0.2, -0.15) is 0 Å². The molecule has 2 N–H and O–H groups in total. The second-order valence-electron chi connectivity index (χ2n) is 8.38. The summed E-state index contributed by atoms with van der Waals surface area (Å²) in [6, 6.07) is 7.47. The quantitative estimate of drug-likeness (QED) is 0.510. The molecule has 0 saturated heterocycles. The highest BCUT2D eigenvalue weighted by Crippen LogP contribution is 2.32. The molecule has 7 nitrogen and oxygen atoms in total. The van der Waals surface area contributed by atoms with Crippen LogP contribution in [0.5, 0.6) is 5.75 Å². The van der Waals surface area contributed by atoms with Gasteiger partial charge in [0.15, 0.2) is 0 Å². The highest BCUT2D eigenvalue weighted by molar-refractivity contribution is 6.34. The molecule has 1 aromatic carbocycles. The van der Waals surface area contributed by atoms with Gasteiger partial charge in [-0.05, 0) is 42.5 Å². The first-order valence-electron chi connectivity index (χ1n) is 10.8. The summed E-state index contributed by atoms with van der Waals surface area (Å²) in [5.74, 6) is 0.248. The first kappa shape index (κ1) is 22.9. The Labute approximate surface area is 195 Å². The van der Waals surface area contributed by atoms with Crippen LogP contribution >= 0.6 is 11.6 Å². The van der Waals surface area contributed by atoms with Gasteiger partial charge in [0.1, 0.15) is 17.4 Å². The number of nitrogens with one attached hydrogen (secondary N) is 2. The summed E-state index contributed by atoms with van der Waals surface area (Å²) < 4.78 is 20.4. The number of carbonyl (C=O) groups excluding carboxylic acids is 1. The zero-order valence-electron chi connectivity index (χ0n) is 18.3. The topological polar surface area (TPSA) is 97.0 Å². The molecule has 1 amide bonds. The third kappa shape index (κ3) is 5.57. The molecule has 2 heterocycles. The summed E-state index contributed by atoms with van der Waals surface area (Å²) in [6.07, 6.45) is 3.96. The fourth-order valence-electron chi connectivity index (χ4n) is 3.16. The summed E-state index contributed by atoms with van der Waals surface area (Å²) in [5, 5.41) is 2.82. The van der Waals surface area contributed by atoms with Gasteiger partial charge in [-0.3, -0.25) is 14.6 Å². The fraction of sp³-hybridized carbons (Fsp3) is 0.333. The number of carbonyl (C=O) groups is 1. The van der Waals surface area contributed by atoms with E-state index in [1.165, 1.54) is 31.0 Å². The first-order chi connectivity index (χ1) is 15.8. The average molecular weight is 471 g/mol. The van der Waals surface area contributed by atoms with E-state index < -0.39 is 11.4 Å². The molecule has 33 heavy (non-hydrogen) atoms. The van der Waals surface area contributed by atoms with Gasteiger partial charge >= 0.3 is 0 Å². The fourth-order valence-corrected chi connectivity index (χ4v) is 3.47. The molecular formula is C24H24ClFN4O3. The summed E-state index contributed by atoms with van der Waals surface area (Å²) >= 11 is 6.46. The van der Waals surface area contributed by atoms with E-state index in [0.717, 1.165) is 0 Å². The van der Waals surface area contributed by atoms with Crippen LogP contribution in [0.25, 0.3) is 22.8 Å². The van der Waals surface area contributed by atoms with Crippen LogP contribution < -0.4 is 15.6 Å². The number of benzene rings is 1. The molecule has 1 fully saturated rings. The Balaban J connectivity index is 1.62. The average Bonchev–Trinajstić information content (AvgIpc) is 3.61. The minimum absolute atomic E-state index is 0.0205. The predicted octanol–water partition coefficient (Wildman–Crippen LogP) is 4.35. The molecule has 0 aliphatic heterocycles. The minimum atomic E-state index is -0.643. The molecule has 0 atom stereocenters. The van der Waals surface area contributed by atoms with Crippen LogP contribution in [-0.2, 0) is 11.3 Å². The van der Waals surface area contributed by atoms with E-state index in [-0.39, 0.29) is 40.5 Å². The number of H-pyrrole nitrogens is 1. The molecule has 0 radical (unpaired) electrons. The summed E-state index contributed by atoms with van der Waals surface area (Å²) in [7, 11) is 0. The number of ether oxygens (including phenoxy) is 1. The van der Waals surface area contributed by atoms with Crippen molar-refractivity contribution >= 4 is 17.5 Å². The molecule has 3 aromatic rings. The molecule has 172 valence electrons. The Morgan fingerprint density at radius 1 is 1.27 bits per heavy atom. The largest absolute Gasteiger partial charge is 0.492 e. The molecule has 0 spiro atoms. The Morgan fingerprint density at radius 2 is 2.06 bits per heavy atom. The van der Waals surface area contributed by atoms with E-state index in [1.807, 2.05) is 0 Å². The Kier molecular flexibility index (Phi) is 6.74. The molecule has 1 aliphatic rings. The van der Waals surface area contributed by atoms with Gasteiger partial charge in [0.25, 0.3) is 5.56 Å². The standard InChI is InChI=1S/C24H24ClFN4O3/c1-13(2)24(32)28-10-15-5-7-17(26)21(22(15)25)23-29-19(9-20(31)30-23)18-8-6-16(11-27-18)33-12-14-3-4-14/h5-9,11,13-14H,3-4,10,12H2,1-2H3,(H,28,32)(H,29,30,31). The molecule has 0 unspecified atom stereocenters. The number of aromatic nitrogens is 3. The Bertz CT molecular complexity index is 1220. The lowest BCUT2D eigenvalue weighted by Gasteiger charge is -2.13. The number of amides is 1. The van der Waals surface area contributed by atoms with E-state index in [9.17, 15) is 14.0 Å². The van der Waals surface area contributed by atoms with Gasteiger partial charge in [-0.15, -0.1) is 0 Å². The van der Waals surface area contributed by atoms with Crippen molar-refractivity contribution in [2.75, 3.05) is 6.61 Å². The Hall–Kier alpha value is -3.26. The summed E-state index contributed by atoms with van der Waals surface area (Å²) in [4.78, 5) is 35.5. The number of aromatic amines is 1. The zero-order valence-corrected chi connectivity index (χ0v) is 19.1. The third-order valence-electron chi connectivity index (χ3n) is 5.31. The number of hydrogen-bond donors (Lipinski definition) is 2. The first-order valence-corrected chi connectivity index (χ1v) is 11.1. The monoisotopic (exact) mass is 470 g/mol. The van der Waals surface area contributed by atoms with Gasteiger partial charge in [0.05, 0.1) is 34.8 Å². The highest BCUT2D eigenvalue weighted by Gasteiger charge is 2.22. The van der Waals surface area contributed by atoms with Gasteiger partial charge in [-0.1, -0.05) is 31.5 Å². The van der Waals surface area contributed by atoms with E-state index in [2.05, 4.69) is 20.3 Å². The van der Waals surface area contributed by atoms with Crippen LogP contribution in [0.15, 0.2) is 41.3 Å². The van der Waals surface area contributed by atoms with Crippen molar-refractivity contribution in [1.82, 2.24) is 20.3 Å². The molecular weight excluding hydrogens is 447 g/mol. The van der Waals surface area contributed by atoms with E-state index >= 15 is 0 Å². The van der Waals surface area contributed by atoms with Crippen molar-refractivity contribution < 1.29 is 13.9 Å². The molecule has 9 heteroatoms. The SMILES string of the molecule is CC(C)C(=O)NCc1ccc(F)c(-c2nc(-c3ccc(OCC4CC4)cn3)cc(=O)[nH]2)c1Cl. The van der Waals surface area contributed by atoms with Crippen LogP contribution in [0.2, 0.25) is 5.02 Å². The number of nitrogens with zero attached hydrogens (tertiary/aromatic N) is 2. The molecule has 4 rings (SSSR count). The second kappa shape index (κ2) is 9.70. The van der Waals surface area contributed by atoms with E-state index in [4.69, 9.17) is 16.3 Å². The maximum atomic E-state index is 14.8. The van der Waals surface area contributed by atoms with Crippen LogP contribution in [0.1, 0.15) is 32.3 Å². The minimum Gasteiger partial charge on any atom is -0.492 e. The van der Waals surface area contributed by atoms with Crippen LogP contribution in [-0.4, -0.2) is 27.5 Å². The third-order valence-corrected chi connectivity index (χ3v) is 5.74. The highest BCUT2D eigenvalue weighted by atomic mass is 35.5. The normalized spacial score (nSPS) is 13.2. The Morgan fingerprint density at radius 3 is 2.73 bits per heavy atom. The lowest BCUT2D eigenvalue weighted by molar-refractivity contribution is -0.124. The van der Waals surface area contributed by atoms with E-state index in [1.54, 1.807) is 32.2 Å². The zero-order chi connectivity index (χ0) is 23.5. The lowest BCUT2D eigenvalue weighted by Crippen LogP contribution is -2.27. The maximum absolute atomic E-state index is 14.8. The predicted molar refractivity (Wildman–Crippen MR) is 123 cm³/mol. The van der Waals surface area contributed by atoms with Crippen molar-refractivity contribution in [1.29, 1.82) is 0 Å². The number of halogens is 2. The molecule has 2 aromatic heterocycles. The number of hydrogen-bond acceptors (Lipinski definition) is 5. The van der Waals surface area contributed by atoms with E-state index in [0.29, 0.717) is 29.5 Å². The lowest BCUT2D eigenvalue weighted by atomic mass is 10.1. The summed E-state index contributed by atoms with van der Waals surface area (Å²) in [6.45, 7) is 4.33. The van der Waals surface area contributed by atoms with Crippen LogP contribution in [0.4, 0.5) is 4.39 Å². The summed E-state index contributed by atoms with van der Waals surface area (Å²) in [5.41, 5.74) is 0.705. The van der Waals surface area contributed by atoms with Gasteiger partial charge in [0.2, 0.25) is 5.91 Å². The van der Waals surface area contributed by atoms with Crippen molar-refractivity contribution in [3.63, 3.8) is 0 Å². The van der Waals surface area contributed by atoms with Crippen molar-refractivity contribution in [3.8, 4) is 28.5 Å². The van der Waals surface area contributed by atoms with Crippen LogP contribution in [0, 0.1) is 17.7 Å². The molecule has 1 saturated carbocycles. The number of pyridine rings is 1. The van der Waals surface area contributed by atoms with Gasteiger partial charge in [0, 0.05) is 18.5 Å². The van der Waals surface area contributed by atoms with Gasteiger partial charge < -0.3 is 15.0 Å². The number of rotatable bonds is 8.